The van der Waals surface area contributed by atoms with Crippen molar-refractivity contribution in [3.63, 3.8) is 0 Å². The molecule has 0 aromatic rings. The summed E-state index contributed by atoms with van der Waals surface area (Å²) in [6, 6.07) is -0.991. The van der Waals surface area contributed by atoms with Crippen LogP contribution in [0.3, 0.4) is 0 Å². The van der Waals surface area contributed by atoms with E-state index in [1.807, 2.05) is 0 Å². The predicted molar refractivity (Wildman–Crippen MR) is 115 cm³/mol. The summed E-state index contributed by atoms with van der Waals surface area (Å²) in [5.41, 5.74) is 0. The number of hydrogen-bond donors (Lipinski definition) is 2. The monoisotopic (exact) mass is 489 g/mol. The van der Waals surface area contributed by atoms with Gasteiger partial charge in [0, 0.05) is 40.7 Å². The van der Waals surface area contributed by atoms with Gasteiger partial charge in [0.05, 0.1) is 0 Å². The molecule has 194 valence electrons. The molecule has 1 fully saturated rings. The molecule has 2 N–H and O–H groups in total. The number of hydrogen-bond acceptors (Lipinski definition) is 10. The van der Waals surface area contributed by atoms with Gasteiger partial charge in [-0.15, -0.1) is 0 Å². The van der Waals surface area contributed by atoms with Gasteiger partial charge in [-0.3, -0.25) is 24.0 Å². The van der Waals surface area contributed by atoms with Crippen LogP contribution in [0, 0.1) is 0 Å². The van der Waals surface area contributed by atoms with E-state index >= 15 is 0 Å². The highest BCUT2D eigenvalue weighted by Gasteiger charge is 2.51. The van der Waals surface area contributed by atoms with E-state index in [0.29, 0.717) is 12.8 Å². The van der Waals surface area contributed by atoms with E-state index in [2.05, 4.69) is 5.32 Å². The molecule has 1 saturated heterocycles. The Hall–Kier alpha value is -2.73. The highest BCUT2D eigenvalue weighted by molar-refractivity contribution is 5.73. The van der Waals surface area contributed by atoms with Crippen molar-refractivity contribution >= 4 is 29.8 Å². The van der Waals surface area contributed by atoms with E-state index in [1.165, 1.54) is 27.7 Å². The van der Waals surface area contributed by atoms with E-state index in [-0.39, 0.29) is 19.6 Å². The van der Waals surface area contributed by atoms with Crippen LogP contribution in [-0.4, -0.2) is 78.7 Å². The maximum atomic E-state index is 11.9. The molecule has 0 aromatic carbocycles. The number of carbonyl (C=O) groups is 5. The fourth-order valence-electron chi connectivity index (χ4n) is 3.54. The molecule has 5 atom stereocenters. The van der Waals surface area contributed by atoms with E-state index < -0.39 is 60.4 Å². The molecule has 1 aliphatic rings. The van der Waals surface area contributed by atoms with Gasteiger partial charge >= 0.3 is 23.9 Å². The van der Waals surface area contributed by atoms with Crippen molar-refractivity contribution in [3.8, 4) is 0 Å². The van der Waals surface area contributed by atoms with Crippen molar-refractivity contribution in [2.75, 3.05) is 13.2 Å². The largest absolute Gasteiger partial charge is 0.481 e. The van der Waals surface area contributed by atoms with Crippen molar-refractivity contribution in [1.29, 1.82) is 0 Å². The molecule has 5 unspecified atom stereocenters. The molecule has 0 radical (unpaired) electrons. The average molecular weight is 490 g/mol. The van der Waals surface area contributed by atoms with Gasteiger partial charge in [0.1, 0.15) is 18.8 Å². The van der Waals surface area contributed by atoms with Gasteiger partial charge < -0.3 is 34.1 Å². The Morgan fingerprint density at radius 3 is 1.97 bits per heavy atom. The Bertz CT molecular complexity index is 711. The number of rotatable bonds is 14. The quantitative estimate of drug-likeness (QED) is 0.204. The summed E-state index contributed by atoms with van der Waals surface area (Å²) in [5.74, 6) is -3.20. The fourth-order valence-corrected chi connectivity index (χ4v) is 3.54. The predicted octanol–water partition coefficient (Wildman–Crippen LogP) is 1.08. The van der Waals surface area contributed by atoms with E-state index in [0.717, 1.165) is 19.3 Å². The zero-order valence-electron chi connectivity index (χ0n) is 20.1. The second kappa shape index (κ2) is 15.2. The Morgan fingerprint density at radius 2 is 1.41 bits per heavy atom. The normalized spacial score (nSPS) is 24.1. The molecule has 1 heterocycles. The zero-order valence-corrected chi connectivity index (χ0v) is 20.1. The van der Waals surface area contributed by atoms with Crippen LogP contribution in [0.15, 0.2) is 0 Å². The number of nitrogens with one attached hydrogen (secondary N) is 1. The second-order valence-electron chi connectivity index (χ2n) is 8.00. The number of unbranched alkanes of at least 4 members (excludes halogenated alkanes) is 4. The molecule has 0 aliphatic carbocycles. The van der Waals surface area contributed by atoms with Crippen LogP contribution in [0.1, 0.15) is 66.2 Å². The summed E-state index contributed by atoms with van der Waals surface area (Å²) in [5, 5.41) is 11.3. The van der Waals surface area contributed by atoms with Crippen LogP contribution in [0.25, 0.3) is 0 Å². The van der Waals surface area contributed by atoms with Crippen LogP contribution in [0.5, 0.6) is 0 Å². The molecule has 0 aromatic heterocycles. The number of carbonyl (C=O) groups excluding carboxylic acids is 4. The van der Waals surface area contributed by atoms with E-state index in [1.54, 1.807) is 0 Å². The Kier molecular flexibility index (Phi) is 13.1. The van der Waals surface area contributed by atoms with Gasteiger partial charge in [-0.2, -0.15) is 0 Å². The summed E-state index contributed by atoms with van der Waals surface area (Å²) >= 11 is 0. The topological polar surface area (TPSA) is 164 Å². The third-order valence-electron chi connectivity index (χ3n) is 4.89. The number of esters is 3. The minimum Gasteiger partial charge on any atom is -0.481 e. The molecule has 1 amide bonds. The number of amides is 1. The first kappa shape index (κ1) is 29.3. The number of carboxylic acids is 1. The minimum atomic E-state index is -1.16. The lowest BCUT2D eigenvalue weighted by atomic mass is 9.96. The van der Waals surface area contributed by atoms with Crippen molar-refractivity contribution in [2.24, 2.45) is 0 Å². The van der Waals surface area contributed by atoms with Crippen molar-refractivity contribution in [3.05, 3.63) is 0 Å². The van der Waals surface area contributed by atoms with Gasteiger partial charge in [-0.1, -0.05) is 19.3 Å². The molecule has 0 bridgehead atoms. The molecule has 34 heavy (non-hydrogen) atoms. The number of aliphatic carboxylic acids is 1. The van der Waals surface area contributed by atoms with Gasteiger partial charge in [-0.25, -0.2) is 0 Å². The lowest BCUT2D eigenvalue weighted by Gasteiger charge is -2.44. The van der Waals surface area contributed by atoms with E-state index in [9.17, 15) is 24.0 Å². The first-order valence-electron chi connectivity index (χ1n) is 11.2. The summed E-state index contributed by atoms with van der Waals surface area (Å²) in [7, 11) is 0. The number of carboxylic acid groups (broad SMARTS) is 1. The maximum Gasteiger partial charge on any atom is 0.303 e. The molecule has 12 heteroatoms. The molecule has 1 rings (SSSR count). The molecule has 12 nitrogen and oxygen atoms in total. The SMILES string of the molecule is CC(=O)NC1C(OCCCCCCCC(=O)O)OC(COC(C)=O)C(OC(C)=O)C1OC(C)=O. The third-order valence-corrected chi connectivity index (χ3v) is 4.89. The molecule has 0 saturated carbocycles. The van der Waals surface area contributed by atoms with Gasteiger partial charge in [0.25, 0.3) is 0 Å². The van der Waals surface area contributed by atoms with Crippen LogP contribution < -0.4 is 5.32 Å². The van der Waals surface area contributed by atoms with Gasteiger partial charge in [0.2, 0.25) is 5.91 Å². The fraction of sp³-hybridized carbons (Fsp3) is 0.773. The summed E-state index contributed by atoms with van der Waals surface area (Å²) in [6.45, 7) is 4.77. The summed E-state index contributed by atoms with van der Waals surface area (Å²) in [4.78, 5) is 57.3. The van der Waals surface area contributed by atoms with Crippen molar-refractivity contribution < 1.29 is 52.8 Å². The molecule has 0 spiro atoms. The minimum absolute atomic E-state index is 0.134. The standard InChI is InChI=1S/C22H35NO11/c1-13(24)23-19-21(33-16(4)27)20(32-15(3)26)17(12-31-14(2)25)34-22(19)30-11-9-7-5-6-8-10-18(28)29/h17,19-22H,5-12H2,1-4H3,(H,23,24)(H,28,29). The highest BCUT2D eigenvalue weighted by atomic mass is 16.7. The smallest absolute Gasteiger partial charge is 0.303 e. The Balaban J connectivity index is 2.92. The van der Waals surface area contributed by atoms with Crippen LogP contribution in [0.2, 0.25) is 0 Å². The van der Waals surface area contributed by atoms with Crippen LogP contribution in [-0.2, 0) is 47.7 Å². The maximum absolute atomic E-state index is 11.9. The van der Waals surface area contributed by atoms with Gasteiger partial charge in [0.15, 0.2) is 18.5 Å². The first-order chi connectivity index (χ1) is 16.0. The Labute approximate surface area is 198 Å². The highest BCUT2D eigenvalue weighted by Crippen LogP contribution is 2.28. The average Bonchev–Trinajstić information content (AvgIpc) is 2.71. The Morgan fingerprint density at radius 1 is 0.824 bits per heavy atom. The second-order valence-corrected chi connectivity index (χ2v) is 8.00. The third kappa shape index (κ3) is 11.4. The van der Waals surface area contributed by atoms with Crippen molar-refractivity contribution in [2.45, 2.75) is 96.9 Å². The van der Waals surface area contributed by atoms with E-state index in [4.69, 9.17) is 28.8 Å². The summed E-state index contributed by atoms with van der Waals surface area (Å²) in [6.07, 6.45) is -0.622. The molecular formula is C22H35NO11. The number of ether oxygens (including phenoxy) is 5. The first-order valence-corrected chi connectivity index (χ1v) is 11.2. The van der Waals surface area contributed by atoms with Crippen LogP contribution >= 0.6 is 0 Å². The molecular weight excluding hydrogens is 454 g/mol. The zero-order chi connectivity index (χ0) is 25.7. The van der Waals surface area contributed by atoms with Crippen molar-refractivity contribution in [1.82, 2.24) is 5.32 Å². The summed E-state index contributed by atoms with van der Waals surface area (Å²) < 4.78 is 27.5. The van der Waals surface area contributed by atoms with Gasteiger partial charge in [-0.05, 0) is 12.8 Å². The lowest BCUT2D eigenvalue weighted by molar-refractivity contribution is -0.277. The van der Waals surface area contributed by atoms with Crippen LogP contribution in [0.4, 0.5) is 0 Å². The molecule has 1 aliphatic heterocycles. The lowest BCUT2D eigenvalue weighted by Crippen LogP contribution is -2.66.